The summed E-state index contributed by atoms with van der Waals surface area (Å²) < 4.78 is 29.1. The SMILES string of the molecule is COc1c(NC(=O)c2ccc(O)c(CC=C(C)C)c2)c(=O)oc2c(C)c(OC3CCC(OC)C(C)(C)O3)ccc12.NC(=O)O. The van der Waals surface area contributed by atoms with E-state index in [1.165, 1.54) is 19.2 Å². The molecule has 12 heteroatoms. The molecule has 1 saturated heterocycles. The first-order chi connectivity index (χ1) is 20.7. The summed E-state index contributed by atoms with van der Waals surface area (Å²) in [5, 5.41) is 20.5. The van der Waals surface area contributed by atoms with Crippen molar-refractivity contribution in [3.8, 4) is 17.2 Å². The van der Waals surface area contributed by atoms with Gasteiger partial charge in [0.15, 0.2) is 11.4 Å². The predicted octanol–water partition coefficient (Wildman–Crippen LogP) is 5.51. The Labute approximate surface area is 255 Å². The molecule has 5 N–H and O–H groups in total. The molecular formula is C32H40N2O10. The second kappa shape index (κ2) is 14.3. The normalized spacial score (nSPS) is 17.2. The van der Waals surface area contributed by atoms with Crippen LogP contribution in [0.15, 0.2) is 51.2 Å². The van der Waals surface area contributed by atoms with Gasteiger partial charge in [-0.05, 0) is 83.4 Å². The molecule has 1 aromatic heterocycles. The third kappa shape index (κ3) is 8.08. The van der Waals surface area contributed by atoms with E-state index in [4.69, 9.17) is 33.3 Å². The van der Waals surface area contributed by atoms with Gasteiger partial charge in [0, 0.05) is 24.7 Å². The number of rotatable bonds is 8. The van der Waals surface area contributed by atoms with Crippen LogP contribution < -0.4 is 26.1 Å². The molecule has 2 unspecified atom stereocenters. The zero-order chi connectivity index (χ0) is 32.8. The highest BCUT2D eigenvalue weighted by atomic mass is 16.7. The van der Waals surface area contributed by atoms with Crippen molar-refractivity contribution in [2.24, 2.45) is 5.73 Å². The number of benzene rings is 2. The van der Waals surface area contributed by atoms with E-state index in [1.54, 1.807) is 32.2 Å². The van der Waals surface area contributed by atoms with Gasteiger partial charge in [-0.3, -0.25) is 4.79 Å². The topological polar surface area (TPSA) is 180 Å². The summed E-state index contributed by atoms with van der Waals surface area (Å²) in [6.45, 7) is 9.63. The molecular weight excluding hydrogens is 572 g/mol. The molecule has 1 aliphatic heterocycles. The fourth-order valence-electron chi connectivity index (χ4n) is 4.93. The van der Waals surface area contributed by atoms with Crippen molar-refractivity contribution >= 4 is 28.7 Å². The number of allylic oxidation sites excluding steroid dienone is 2. The van der Waals surface area contributed by atoms with E-state index >= 15 is 0 Å². The summed E-state index contributed by atoms with van der Waals surface area (Å²) in [5.74, 6) is 0.243. The second-order valence-corrected chi connectivity index (χ2v) is 11.1. The molecule has 2 heterocycles. The molecule has 12 nitrogen and oxygen atoms in total. The summed E-state index contributed by atoms with van der Waals surface area (Å²) in [4.78, 5) is 35.0. The van der Waals surface area contributed by atoms with Crippen molar-refractivity contribution in [1.82, 2.24) is 0 Å². The Morgan fingerprint density at radius 3 is 2.43 bits per heavy atom. The molecule has 4 rings (SSSR count). The quantitative estimate of drug-likeness (QED) is 0.187. The Morgan fingerprint density at radius 1 is 1.16 bits per heavy atom. The lowest BCUT2D eigenvalue weighted by atomic mass is 9.94. The zero-order valence-electron chi connectivity index (χ0n) is 26.0. The molecule has 238 valence electrons. The van der Waals surface area contributed by atoms with E-state index < -0.39 is 29.5 Å². The number of carbonyl (C=O) groups is 2. The summed E-state index contributed by atoms with van der Waals surface area (Å²) in [7, 11) is 3.09. The highest BCUT2D eigenvalue weighted by Gasteiger charge is 2.39. The maximum atomic E-state index is 13.1. The fourth-order valence-corrected chi connectivity index (χ4v) is 4.93. The highest BCUT2D eigenvalue weighted by molar-refractivity contribution is 6.06. The average molecular weight is 613 g/mol. The Morgan fingerprint density at radius 2 is 1.84 bits per heavy atom. The molecule has 2 amide bonds. The van der Waals surface area contributed by atoms with Crippen LogP contribution in [-0.4, -0.2) is 54.4 Å². The molecule has 0 aliphatic carbocycles. The number of carboxylic acid groups (broad SMARTS) is 1. The Bertz CT molecular complexity index is 1600. The van der Waals surface area contributed by atoms with Crippen molar-refractivity contribution in [2.75, 3.05) is 19.5 Å². The lowest BCUT2D eigenvalue weighted by Gasteiger charge is -2.41. The number of carbonyl (C=O) groups excluding carboxylic acids is 1. The van der Waals surface area contributed by atoms with Gasteiger partial charge in [-0.1, -0.05) is 11.6 Å². The zero-order valence-corrected chi connectivity index (χ0v) is 26.0. The summed E-state index contributed by atoms with van der Waals surface area (Å²) >= 11 is 0. The van der Waals surface area contributed by atoms with E-state index in [9.17, 15) is 14.7 Å². The molecule has 1 aliphatic rings. The van der Waals surface area contributed by atoms with Crippen LogP contribution in [0.4, 0.5) is 10.5 Å². The fraction of sp³-hybridized carbons (Fsp3) is 0.406. The van der Waals surface area contributed by atoms with Crippen molar-refractivity contribution in [1.29, 1.82) is 0 Å². The Kier molecular flexibility index (Phi) is 11.0. The smallest absolute Gasteiger partial charge is 0.402 e. The van der Waals surface area contributed by atoms with Crippen molar-refractivity contribution < 1.29 is 43.2 Å². The van der Waals surface area contributed by atoms with E-state index in [-0.39, 0.29) is 34.4 Å². The molecule has 1 fully saturated rings. The van der Waals surface area contributed by atoms with E-state index in [0.29, 0.717) is 35.1 Å². The van der Waals surface area contributed by atoms with Gasteiger partial charge in [0.1, 0.15) is 17.1 Å². The first-order valence-corrected chi connectivity index (χ1v) is 13.9. The van der Waals surface area contributed by atoms with Gasteiger partial charge in [0.2, 0.25) is 6.29 Å². The molecule has 2 atom stereocenters. The largest absolute Gasteiger partial charge is 0.508 e. The molecule has 3 aromatic rings. The molecule has 0 radical (unpaired) electrons. The second-order valence-electron chi connectivity index (χ2n) is 11.1. The number of hydrogen-bond donors (Lipinski definition) is 4. The van der Waals surface area contributed by atoms with Gasteiger partial charge < -0.3 is 44.6 Å². The molecule has 0 spiro atoms. The molecule has 2 aromatic carbocycles. The van der Waals surface area contributed by atoms with Gasteiger partial charge in [0.05, 0.1) is 24.2 Å². The number of fused-ring (bicyclic) bond motifs is 1. The minimum absolute atomic E-state index is 0.0356. The van der Waals surface area contributed by atoms with E-state index in [0.717, 1.165) is 12.0 Å². The van der Waals surface area contributed by atoms with Gasteiger partial charge in [-0.15, -0.1) is 0 Å². The molecule has 0 saturated carbocycles. The Balaban J connectivity index is 0.00000124. The molecule has 0 bridgehead atoms. The first-order valence-electron chi connectivity index (χ1n) is 13.9. The lowest BCUT2D eigenvalue weighted by Crippen LogP contribution is -2.49. The summed E-state index contributed by atoms with van der Waals surface area (Å²) in [5.41, 5.74) is 5.48. The monoisotopic (exact) mass is 612 g/mol. The summed E-state index contributed by atoms with van der Waals surface area (Å²) in [6.07, 6.45) is 1.99. The average Bonchev–Trinajstić information content (AvgIpc) is 2.94. The number of amides is 2. The number of aromatic hydroxyl groups is 1. The number of anilines is 1. The summed E-state index contributed by atoms with van der Waals surface area (Å²) in [6, 6.07) is 8.03. The van der Waals surface area contributed by atoms with Gasteiger partial charge in [-0.2, -0.15) is 0 Å². The minimum atomic E-state index is -1.33. The lowest BCUT2D eigenvalue weighted by molar-refractivity contribution is -0.233. The minimum Gasteiger partial charge on any atom is -0.508 e. The standard InChI is InChI=1S/C31H37NO8.CH3NO2/c1-17(2)8-9-19-16-20(10-12-22(19)33)29(34)32-26-28(37-7)21-11-13-23(18(3)27(21)39-30(26)35)38-25-15-14-24(36-6)31(4,5)40-25;2-1(3)4/h8,10-13,16,24-25,33H,9,14-15H2,1-7H3,(H,32,34);2H2,(H,3,4). The van der Waals surface area contributed by atoms with E-state index in [2.05, 4.69) is 11.1 Å². The van der Waals surface area contributed by atoms with Gasteiger partial charge >= 0.3 is 11.7 Å². The number of nitrogens with one attached hydrogen (secondary N) is 1. The number of phenolic OH excluding ortho intramolecular Hbond substituents is 1. The van der Waals surface area contributed by atoms with Crippen LogP contribution in [0.1, 0.15) is 62.0 Å². The number of methoxy groups -OCH3 is 2. The van der Waals surface area contributed by atoms with Crippen LogP contribution in [0, 0.1) is 6.92 Å². The van der Waals surface area contributed by atoms with Crippen molar-refractivity contribution in [3.05, 3.63) is 69.1 Å². The number of nitrogens with two attached hydrogens (primary N) is 1. The van der Waals surface area contributed by atoms with Crippen molar-refractivity contribution in [2.45, 2.75) is 71.9 Å². The number of primary amides is 1. The predicted molar refractivity (Wildman–Crippen MR) is 165 cm³/mol. The van der Waals surface area contributed by atoms with Crippen LogP contribution in [0.3, 0.4) is 0 Å². The van der Waals surface area contributed by atoms with Crippen molar-refractivity contribution in [3.63, 3.8) is 0 Å². The van der Waals surface area contributed by atoms with Crippen LogP contribution in [0.25, 0.3) is 11.0 Å². The highest BCUT2D eigenvalue weighted by Crippen LogP contribution is 2.38. The number of hydrogen-bond acceptors (Lipinski definition) is 9. The maximum Gasteiger partial charge on any atom is 0.402 e. The number of aryl methyl sites for hydroxylation is 1. The van der Waals surface area contributed by atoms with Crippen LogP contribution in [0.5, 0.6) is 17.2 Å². The van der Waals surface area contributed by atoms with Crippen LogP contribution in [-0.2, 0) is 15.9 Å². The van der Waals surface area contributed by atoms with E-state index in [1.807, 2.05) is 33.8 Å². The number of phenols is 1. The molecule has 44 heavy (non-hydrogen) atoms. The third-order valence-electron chi connectivity index (χ3n) is 7.16. The van der Waals surface area contributed by atoms with Gasteiger partial charge in [-0.25, -0.2) is 9.59 Å². The van der Waals surface area contributed by atoms with Gasteiger partial charge in [0.25, 0.3) is 5.91 Å². The maximum absolute atomic E-state index is 13.1. The third-order valence-corrected chi connectivity index (χ3v) is 7.16. The number of ether oxygens (including phenoxy) is 4. The van der Waals surface area contributed by atoms with Crippen LogP contribution in [0.2, 0.25) is 0 Å². The Hall–Kier alpha value is -4.55. The first kappa shape index (κ1) is 33.9. The van der Waals surface area contributed by atoms with Crippen LogP contribution >= 0.6 is 0 Å².